The Labute approximate surface area is 126 Å². The van der Waals surface area contributed by atoms with Gasteiger partial charge in [-0.1, -0.05) is 6.92 Å². The van der Waals surface area contributed by atoms with Crippen LogP contribution in [-0.2, 0) is 16.1 Å². The molecule has 0 bridgehead atoms. The molecule has 0 amide bonds. The fraction of sp³-hybridized carbons (Fsp3) is 0.500. The van der Waals surface area contributed by atoms with Crippen molar-refractivity contribution in [3.63, 3.8) is 0 Å². The van der Waals surface area contributed by atoms with Crippen LogP contribution in [0.5, 0.6) is 0 Å². The fourth-order valence-electron chi connectivity index (χ4n) is 2.11. The molecule has 0 atom stereocenters. The van der Waals surface area contributed by atoms with Crippen LogP contribution < -0.4 is 5.56 Å². The Hall–Kier alpha value is -1.73. The Morgan fingerprint density at radius 3 is 2.76 bits per heavy atom. The number of H-pyrrole nitrogens is 1. The zero-order valence-corrected chi connectivity index (χ0v) is 13.5. The van der Waals surface area contributed by atoms with Gasteiger partial charge in [0.1, 0.15) is 10.7 Å². The van der Waals surface area contributed by atoms with E-state index in [1.54, 1.807) is 0 Å². The molecule has 0 unspecified atom stereocenters. The van der Waals surface area contributed by atoms with Crippen molar-refractivity contribution < 1.29 is 9.53 Å². The molecule has 2 heterocycles. The van der Waals surface area contributed by atoms with E-state index in [2.05, 4.69) is 14.7 Å². The summed E-state index contributed by atoms with van der Waals surface area (Å²) in [6.45, 7) is 7.11. The number of aromatic amines is 1. The molecular formula is C14H19N3O3S. The van der Waals surface area contributed by atoms with Gasteiger partial charge < -0.3 is 9.72 Å². The summed E-state index contributed by atoms with van der Waals surface area (Å²) in [6.07, 6.45) is 0. The topological polar surface area (TPSA) is 75.3 Å². The van der Waals surface area contributed by atoms with Crippen LogP contribution in [0.4, 0.5) is 0 Å². The number of likely N-dealkylation sites (N-methyl/N-ethyl adjacent to an activating group) is 1. The minimum Gasteiger partial charge on any atom is -0.468 e. The maximum absolute atomic E-state index is 12.2. The molecule has 0 aromatic carbocycles. The third kappa shape index (κ3) is 3.30. The highest BCUT2D eigenvalue weighted by Crippen LogP contribution is 2.25. The second-order valence-corrected chi connectivity index (χ2v) is 6.06. The zero-order chi connectivity index (χ0) is 15.6. The predicted molar refractivity (Wildman–Crippen MR) is 82.7 cm³/mol. The first-order chi connectivity index (χ1) is 9.96. The van der Waals surface area contributed by atoms with Crippen molar-refractivity contribution in [3.8, 4) is 0 Å². The molecule has 0 radical (unpaired) electrons. The number of aryl methyl sites for hydroxylation is 2. The molecule has 6 nitrogen and oxygen atoms in total. The van der Waals surface area contributed by atoms with E-state index in [0.29, 0.717) is 24.3 Å². The first-order valence-corrected chi connectivity index (χ1v) is 7.56. The number of carbonyl (C=O) groups is 1. The number of methoxy groups -OCH3 is 1. The van der Waals surface area contributed by atoms with E-state index >= 15 is 0 Å². The number of thiophene rings is 1. The first-order valence-electron chi connectivity index (χ1n) is 6.74. The van der Waals surface area contributed by atoms with Gasteiger partial charge in [0, 0.05) is 4.88 Å². The average molecular weight is 309 g/mol. The largest absolute Gasteiger partial charge is 0.468 e. The van der Waals surface area contributed by atoms with Crippen LogP contribution >= 0.6 is 11.3 Å². The molecule has 2 aromatic heterocycles. The Balaban J connectivity index is 2.30. The van der Waals surface area contributed by atoms with E-state index in [9.17, 15) is 9.59 Å². The number of hydrogen-bond acceptors (Lipinski definition) is 6. The van der Waals surface area contributed by atoms with Gasteiger partial charge in [-0.15, -0.1) is 11.3 Å². The zero-order valence-electron chi connectivity index (χ0n) is 12.6. The molecule has 0 aliphatic rings. The molecule has 0 aliphatic carbocycles. The summed E-state index contributed by atoms with van der Waals surface area (Å²) in [5.74, 6) is 0.266. The molecule has 0 spiro atoms. The number of carbonyl (C=O) groups excluding carboxylic acids is 1. The maximum Gasteiger partial charge on any atom is 0.319 e. The monoisotopic (exact) mass is 309 g/mol. The number of nitrogens with one attached hydrogen (secondary N) is 1. The standard InChI is InChI=1S/C14H19N3O3S/c1-5-17(7-11(18)20-4)6-10-15-13(19)12-8(2)9(3)21-14(12)16-10/h5-7H2,1-4H3,(H,15,16,19). The third-order valence-corrected chi connectivity index (χ3v) is 4.59. The summed E-state index contributed by atoms with van der Waals surface area (Å²) >= 11 is 1.52. The van der Waals surface area contributed by atoms with Gasteiger partial charge in [0.15, 0.2) is 0 Å². The van der Waals surface area contributed by atoms with Crippen LogP contribution in [0.1, 0.15) is 23.2 Å². The van der Waals surface area contributed by atoms with Crippen LogP contribution in [0, 0.1) is 13.8 Å². The van der Waals surface area contributed by atoms with Gasteiger partial charge >= 0.3 is 5.97 Å². The van der Waals surface area contributed by atoms with Crippen molar-refractivity contribution in [2.45, 2.75) is 27.3 Å². The number of fused-ring (bicyclic) bond motifs is 1. The summed E-state index contributed by atoms with van der Waals surface area (Å²) < 4.78 is 4.66. The number of ether oxygens (including phenoxy) is 1. The van der Waals surface area contributed by atoms with E-state index in [1.165, 1.54) is 18.4 Å². The second kappa shape index (κ2) is 6.36. The molecular weight excluding hydrogens is 290 g/mol. The highest BCUT2D eigenvalue weighted by Gasteiger charge is 2.15. The lowest BCUT2D eigenvalue weighted by atomic mass is 10.2. The summed E-state index contributed by atoms with van der Waals surface area (Å²) in [6, 6.07) is 0. The van der Waals surface area contributed by atoms with Gasteiger partial charge in [-0.05, 0) is 26.0 Å². The molecule has 2 rings (SSSR count). The Bertz CT molecular complexity index is 720. The molecule has 0 aliphatic heterocycles. The Kier molecular flexibility index (Phi) is 4.74. The van der Waals surface area contributed by atoms with Gasteiger partial charge in [-0.25, -0.2) is 4.98 Å². The minimum absolute atomic E-state index is 0.119. The number of aromatic nitrogens is 2. The molecule has 114 valence electrons. The third-order valence-electron chi connectivity index (χ3n) is 3.49. The van der Waals surface area contributed by atoms with Crippen LogP contribution in [0.15, 0.2) is 4.79 Å². The molecule has 0 fully saturated rings. The quantitative estimate of drug-likeness (QED) is 0.849. The van der Waals surface area contributed by atoms with Crippen molar-refractivity contribution in [2.75, 3.05) is 20.2 Å². The Morgan fingerprint density at radius 2 is 2.14 bits per heavy atom. The van der Waals surface area contributed by atoms with E-state index in [1.807, 2.05) is 25.7 Å². The van der Waals surface area contributed by atoms with Crippen molar-refractivity contribution in [1.29, 1.82) is 0 Å². The lowest BCUT2D eigenvalue weighted by Gasteiger charge is -2.17. The molecule has 0 saturated heterocycles. The fourth-order valence-corrected chi connectivity index (χ4v) is 3.16. The van der Waals surface area contributed by atoms with Crippen molar-refractivity contribution in [3.05, 3.63) is 26.6 Å². The second-order valence-electron chi connectivity index (χ2n) is 4.86. The SMILES string of the molecule is CCN(CC(=O)OC)Cc1nc2sc(C)c(C)c2c(=O)[nH]1. The molecule has 1 N–H and O–H groups in total. The highest BCUT2D eigenvalue weighted by atomic mass is 32.1. The smallest absolute Gasteiger partial charge is 0.319 e. The maximum atomic E-state index is 12.2. The lowest BCUT2D eigenvalue weighted by molar-refractivity contribution is -0.142. The van der Waals surface area contributed by atoms with Crippen molar-refractivity contribution >= 4 is 27.5 Å². The van der Waals surface area contributed by atoms with Gasteiger partial charge in [0.25, 0.3) is 5.56 Å². The molecule has 21 heavy (non-hydrogen) atoms. The van der Waals surface area contributed by atoms with Crippen LogP contribution in [-0.4, -0.2) is 41.0 Å². The summed E-state index contributed by atoms with van der Waals surface area (Å²) in [5.41, 5.74) is 0.864. The van der Waals surface area contributed by atoms with Gasteiger partial charge in [0.2, 0.25) is 0 Å². The summed E-state index contributed by atoms with van der Waals surface area (Å²) in [5, 5.41) is 0.664. The van der Waals surface area contributed by atoms with Crippen molar-refractivity contribution in [2.24, 2.45) is 0 Å². The number of rotatable bonds is 5. The van der Waals surface area contributed by atoms with E-state index in [-0.39, 0.29) is 18.1 Å². The van der Waals surface area contributed by atoms with Crippen molar-refractivity contribution in [1.82, 2.24) is 14.9 Å². The van der Waals surface area contributed by atoms with Gasteiger partial charge in [-0.3, -0.25) is 14.5 Å². The van der Waals surface area contributed by atoms with E-state index < -0.39 is 0 Å². The van der Waals surface area contributed by atoms with Crippen LogP contribution in [0.25, 0.3) is 10.2 Å². The van der Waals surface area contributed by atoms with Gasteiger partial charge in [-0.2, -0.15) is 0 Å². The minimum atomic E-state index is -0.303. The lowest BCUT2D eigenvalue weighted by Crippen LogP contribution is -2.31. The van der Waals surface area contributed by atoms with Crippen LogP contribution in [0.3, 0.4) is 0 Å². The average Bonchev–Trinajstić information content (AvgIpc) is 2.73. The van der Waals surface area contributed by atoms with E-state index in [0.717, 1.165) is 15.3 Å². The van der Waals surface area contributed by atoms with Gasteiger partial charge in [0.05, 0.1) is 25.6 Å². The summed E-state index contributed by atoms with van der Waals surface area (Å²) in [7, 11) is 1.36. The van der Waals surface area contributed by atoms with Crippen LogP contribution in [0.2, 0.25) is 0 Å². The Morgan fingerprint density at radius 1 is 1.43 bits per heavy atom. The predicted octanol–water partition coefficient (Wildman–Crippen LogP) is 1.60. The highest BCUT2D eigenvalue weighted by molar-refractivity contribution is 7.18. The normalized spacial score (nSPS) is 11.3. The molecule has 2 aromatic rings. The van der Waals surface area contributed by atoms with E-state index in [4.69, 9.17) is 0 Å². The molecule has 7 heteroatoms. The first kappa shape index (κ1) is 15.7. The molecule has 0 saturated carbocycles. The number of hydrogen-bond donors (Lipinski definition) is 1. The number of esters is 1. The summed E-state index contributed by atoms with van der Waals surface area (Å²) in [4.78, 5) is 34.6. The number of nitrogens with zero attached hydrogens (tertiary/aromatic N) is 2.